The Balaban J connectivity index is 1.95. The lowest BCUT2D eigenvalue weighted by Gasteiger charge is -2.36. The van der Waals surface area contributed by atoms with Gasteiger partial charge in [-0.1, -0.05) is 45.9 Å². The number of nitrogens with zero attached hydrogens (tertiary/aromatic N) is 2. The van der Waals surface area contributed by atoms with Crippen molar-refractivity contribution in [1.29, 1.82) is 0 Å². The smallest absolute Gasteiger partial charge is 0.244 e. The zero-order valence-electron chi connectivity index (χ0n) is 18.5. The highest BCUT2D eigenvalue weighted by atomic mass is 16.2. The summed E-state index contributed by atoms with van der Waals surface area (Å²) in [5.41, 5.74) is 1.36. The maximum absolute atomic E-state index is 13.1. The minimum atomic E-state index is -0.404. The second kappa shape index (κ2) is 9.90. The van der Waals surface area contributed by atoms with Gasteiger partial charge in [-0.25, -0.2) is 0 Å². The Morgan fingerprint density at radius 3 is 2.31 bits per heavy atom. The second-order valence-corrected chi connectivity index (χ2v) is 8.94. The molecule has 1 aromatic rings. The first-order valence-electron chi connectivity index (χ1n) is 10.6. The van der Waals surface area contributed by atoms with Crippen LogP contribution in [-0.2, 0) is 14.4 Å². The number of benzene rings is 1. The molecule has 1 N–H and O–H groups in total. The summed E-state index contributed by atoms with van der Waals surface area (Å²) in [7, 11) is 0. The van der Waals surface area contributed by atoms with E-state index in [0.29, 0.717) is 32.5 Å². The molecule has 0 aliphatic carbocycles. The Hall–Kier alpha value is -2.37. The topological polar surface area (TPSA) is 69.7 Å². The third-order valence-electron chi connectivity index (χ3n) is 5.33. The number of likely N-dealkylation sites (tertiary alicyclic amines) is 1. The van der Waals surface area contributed by atoms with Crippen molar-refractivity contribution in [3.63, 3.8) is 0 Å². The Morgan fingerprint density at radius 2 is 1.76 bits per heavy atom. The molecule has 0 bridgehead atoms. The Labute approximate surface area is 174 Å². The number of amides is 3. The van der Waals surface area contributed by atoms with E-state index >= 15 is 0 Å². The molecular formula is C23H35N3O3. The minimum Gasteiger partial charge on any atom is -0.342 e. The van der Waals surface area contributed by atoms with Crippen LogP contribution in [0.2, 0.25) is 0 Å². The van der Waals surface area contributed by atoms with Gasteiger partial charge < -0.3 is 15.1 Å². The van der Waals surface area contributed by atoms with Gasteiger partial charge >= 0.3 is 0 Å². The SMILES string of the molecule is CCCN(CC(=O)Nc1ccccc1C)C(=O)C1CCN(C(=O)C(C)(C)C)CC1. The first-order valence-corrected chi connectivity index (χ1v) is 10.6. The van der Waals surface area contributed by atoms with E-state index in [9.17, 15) is 14.4 Å². The first-order chi connectivity index (χ1) is 13.6. The summed E-state index contributed by atoms with van der Waals surface area (Å²) in [6.45, 7) is 11.5. The van der Waals surface area contributed by atoms with Gasteiger partial charge in [-0.15, -0.1) is 0 Å². The fourth-order valence-corrected chi connectivity index (χ4v) is 3.68. The molecule has 0 atom stereocenters. The molecule has 1 heterocycles. The van der Waals surface area contributed by atoms with Gasteiger partial charge in [0.1, 0.15) is 0 Å². The standard InChI is InChI=1S/C23H35N3O3/c1-6-13-26(16-20(27)24-19-10-8-7-9-17(19)2)21(28)18-11-14-25(15-12-18)22(29)23(3,4)5/h7-10,18H,6,11-16H2,1-5H3,(H,24,27). The van der Waals surface area contributed by atoms with Gasteiger partial charge in [0.2, 0.25) is 17.7 Å². The second-order valence-electron chi connectivity index (χ2n) is 8.94. The van der Waals surface area contributed by atoms with Crippen LogP contribution in [0.25, 0.3) is 0 Å². The summed E-state index contributed by atoms with van der Waals surface area (Å²) < 4.78 is 0. The van der Waals surface area contributed by atoms with Gasteiger partial charge in [0.15, 0.2) is 0 Å². The number of hydrogen-bond donors (Lipinski definition) is 1. The summed E-state index contributed by atoms with van der Waals surface area (Å²) in [5, 5.41) is 2.91. The fourth-order valence-electron chi connectivity index (χ4n) is 3.68. The minimum absolute atomic E-state index is 0.0228. The monoisotopic (exact) mass is 401 g/mol. The third kappa shape index (κ3) is 6.31. The molecule has 1 aliphatic heterocycles. The predicted octanol–water partition coefficient (Wildman–Crippen LogP) is 3.46. The molecule has 1 aromatic carbocycles. The molecule has 0 radical (unpaired) electrons. The highest BCUT2D eigenvalue weighted by Gasteiger charge is 2.34. The number of anilines is 1. The van der Waals surface area contributed by atoms with Crippen molar-refractivity contribution in [2.24, 2.45) is 11.3 Å². The maximum atomic E-state index is 13.1. The van der Waals surface area contributed by atoms with Crippen LogP contribution in [0.15, 0.2) is 24.3 Å². The number of aryl methyl sites for hydroxylation is 1. The van der Waals surface area contributed by atoms with Crippen molar-refractivity contribution in [3.05, 3.63) is 29.8 Å². The van der Waals surface area contributed by atoms with E-state index in [0.717, 1.165) is 17.7 Å². The lowest BCUT2D eigenvalue weighted by molar-refractivity contribution is -0.145. The molecule has 29 heavy (non-hydrogen) atoms. The Kier molecular flexibility index (Phi) is 7.82. The molecule has 0 spiro atoms. The van der Waals surface area contributed by atoms with Gasteiger partial charge in [-0.3, -0.25) is 14.4 Å². The van der Waals surface area contributed by atoms with Crippen LogP contribution in [0.1, 0.15) is 52.5 Å². The highest BCUT2D eigenvalue weighted by molar-refractivity contribution is 5.95. The molecule has 1 aliphatic rings. The van der Waals surface area contributed by atoms with E-state index in [-0.39, 0.29) is 30.2 Å². The molecule has 160 valence electrons. The van der Waals surface area contributed by atoms with Crippen LogP contribution in [0.3, 0.4) is 0 Å². The number of carbonyl (C=O) groups excluding carboxylic acids is 3. The number of piperidine rings is 1. The molecule has 0 unspecified atom stereocenters. The number of hydrogen-bond acceptors (Lipinski definition) is 3. The van der Waals surface area contributed by atoms with Crippen molar-refractivity contribution >= 4 is 23.4 Å². The third-order valence-corrected chi connectivity index (χ3v) is 5.33. The summed E-state index contributed by atoms with van der Waals surface area (Å²) in [5.74, 6) is -0.153. The van der Waals surface area contributed by atoms with E-state index in [1.807, 2.05) is 63.8 Å². The van der Waals surface area contributed by atoms with Gasteiger partial charge in [0, 0.05) is 36.7 Å². The van der Waals surface area contributed by atoms with Crippen molar-refractivity contribution in [1.82, 2.24) is 9.80 Å². The molecule has 1 saturated heterocycles. The lowest BCUT2D eigenvalue weighted by atomic mass is 9.90. The first kappa shape index (κ1) is 22.9. The van der Waals surface area contributed by atoms with Gasteiger partial charge in [0.25, 0.3) is 0 Å². The van der Waals surface area contributed by atoms with Crippen molar-refractivity contribution < 1.29 is 14.4 Å². The zero-order valence-corrected chi connectivity index (χ0v) is 18.5. The zero-order chi connectivity index (χ0) is 21.6. The van der Waals surface area contributed by atoms with Crippen molar-refractivity contribution in [2.75, 3.05) is 31.5 Å². The molecule has 6 nitrogen and oxygen atoms in total. The van der Waals surface area contributed by atoms with E-state index in [1.54, 1.807) is 4.90 Å². The lowest BCUT2D eigenvalue weighted by Crippen LogP contribution is -2.48. The average Bonchev–Trinajstić information content (AvgIpc) is 2.67. The molecule has 1 fully saturated rings. The number of nitrogens with one attached hydrogen (secondary N) is 1. The van der Waals surface area contributed by atoms with Crippen LogP contribution in [0.5, 0.6) is 0 Å². The Bertz CT molecular complexity index is 731. The summed E-state index contributed by atoms with van der Waals surface area (Å²) in [4.78, 5) is 41.6. The van der Waals surface area contributed by atoms with Crippen LogP contribution < -0.4 is 5.32 Å². The van der Waals surface area contributed by atoms with Gasteiger partial charge in [-0.2, -0.15) is 0 Å². The van der Waals surface area contributed by atoms with E-state index in [1.165, 1.54) is 0 Å². The van der Waals surface area contributed by atoms with Gasteiger partial charge in [0.05, 0.1) is 6.54 Å². The Morgan fingerprint density at radius 1 is 1.14 bits per heavy atom. The van der Waals surface area contributed by atoms with Gasteiger partial charge in [-0.05, 0) is 37.8 Å². The molecule has 2 rings (SSSR count). The number of para-hydroxylation sites is 1. The average molecular weight is 402 g/mol. The van der Waals surface area contributed by atoms with Crippen LogP contribution in [-0.4, -0.2) is 53.7 Å². The van der Waals surface area contributed by atoms with Crippen molar-refractivity contribution in [2.45, 2.75) is 53.9 Å². The van der Waals surface area contributed by atoms with Crippen LogP contribution in [0, 0.1) is 18.3 Å². The largest absolute Gasteiger partial charge is 0.342 e. The normalized spacial score (nSPS) is 15.1. The molecule has 3 amide bonds. The summed E-state index contributed by atoms with van der Waals surface area (Å²) in [6, 6.07) is 7.61. The highest BCUT2D eigenvalue weighted by Crippen LogP contribution is 2.25. The number of rotatable bonds is 6. The summed E-state index contributed by atoms with van der Waals surface area (Å²) in [6.07, 6.45) is 2.10. The quantitative estimate of drug-likeness (QED) is 0.794. The van der Waals surface area contributed by atoms with Crippen LogP contribution >= 0.6 is 0 Å². The fraction of sp³-hybridized carbons (Fsp3) is 0.609. The van der Waals surface area contributed by atoms with E-state index in [4.69, 9.17) is 0 Å². The molecule has 0 aromatic heterocycles. The van der Waals surface area contributed by atoms with E-state index in [2.05, 4.69) is 5.32 Å². The number of carbonyl (C=O) groups is 3. The molecule has 6 heteroatoms. The van der Waals surface area contributed by atoms with Crippen molar-refractivity contribution in [3.8, 4) is 0 Å². The predicted molar refractivity (Wildman–Crippen MR) is 115 cm³/mol. The molecular weight excluding hydrogens is 366 g/mol. The van der Waals surface area contributed by atoms with E-state index < -0.39 is 5.41 Å². The van der Waals surface area contributed by atoms with Crippen LogP contribution in [0.4, 0.5) is 5.69 Å². The maximum Gasteiger partial charge on any atom is 0.244 e. The molecule has 0 saturated carbocycles. The summed E-state index contributed by atoms with van der Waals surface area (Å²) >= 11 is 0.